The molecule has 0 bridgehead atoms. The van der Waals surface area contributed by atoms with Crippen LogP contribution in [0.15, 0.2) is 42.2 Å². The number of nitrogen functional groups attached to an aromatic ring is 1. The van der Waals surface area contributed by atoms with Gasteiger partial charge in [-0.15, -0.1) is 0 Å². The number of unbranched alkanes of at least 4 members (excludes halogenated alkanes) is 1. The van der Waals surface area contributed by atoms with Crippen LogP contribution in [0.25, 0.3) is 0 Å². The van der Waals surface area contributed by atoms with E-state index in [0.29, 0.717) is 22.7 Å². The normalized spacial score (nSPS) is 12.8. The Bertz CT molecular complexity index is 701. The maximum absolute atomic E-state index is 11.0. The van der Waals surface area contributed by atoms with Crippen molar-refractivity contribution in [1.29, 1.82) is 0 Å². The largest absolute Gasteiger partial charge is 0.483 e. The maximum Gasteiger partial charge on any atom is 0.244 e. The number of hydrogen-bond acceptors (Lipinski definition) is 7. The summed E-state index contributed by atoms with van der Waals surface area (Å²) in [4.78, 5) is 19.1. The number of aliphatic hydroxyl groups is 1. The van der Waals surface area contributed by atoms with E-state index >= 15 is 0 Å². The number of nitrogens with zero attached hydrogens (tertiary/aromatic N) is 2. The van der Waals surface area contributed by atoms with Gasteiger partial charge in [0, 0.05) is 5.57 Å². The molecule has 6 N–H and O–H groups in total. The number of amides is 1. The van der Waals surface area contributed by atoms with Gasteiger partial charge in [-0.2, -0.15) is 4.98 Å². The van der Waals surface area contributed by atoms with E-state index in [2.05, 4.69) is 28.8 Å². The van der Waals surface area contributed by atoms with Crippen LogP contribution in [0.2, 0.25) is 0 Å². The number of anilines is 2. The number of aliphatic hydroxyl groups excluding tert-OH is 1. The first-order valence-electron chi connectivity index (χ1n) is 8.82. The number of nitrogens with one attached hydrogen (secondary N) is 1. The second-order valence-electron chi connectivity index (χ2n) is 6.13. The Hall–Kier alpha value is -2.87. The highest BCUT2D eigenvalue weighted by molar-refractivity contribution is 5.91. The van der Waals surface area contributed by atoms with Crippen LogP contribution in [0.5, 0.6) is 5.75 Å². The van der Waals surface area contributed by atoms with Gasteiger partial charge in [-0.05, 0) is 18.9 Å². The van der Waals surface area contributed by atoms with E-state index in [4.69, 9.17) is 16.2 Å². The first-order valence-corrected chi connectivity index (χ1v) is 8.82. The van der Waals surface area contributed by atoms with E-state index in [1.807, 2.05) is 0 Å². The smallest absolute Gasteiger partial charge is 0.244 e. The molecule has 8 nitrogen and oxygen atoms in total. The SMILES string of the molecule is C=C(/C=C\C=C(/C)C(N)=O)COc1cnc(N)nc1N[C@H](CO)CCCC. The molecule has 0 spiro atoms. The van der Waals surface area contributed by atoms with Crippen LogP contribution >= 0.6 is 0 Å². The topological polar surface area (TPSA) is 136 Å². The molecule has 0 saturated carbocycles. The summed E-state index contributed by atoms with van der Waals surface area (Å²) in [6, 6.07) is -0.147. The summed E-state index contributed by atoms with van der Waals surface area (Å²) in [6.07, 6.45) is 9.29. The summed E-state index contributed by atoms with van der Waals surface area (Å²) in [7, 11) is 0. The second kappa shape index (κ2) is 11.7. The van der Waals surface area contributed by atoms with Gasteiger partial charge >= 0.3 is 0 Å². The molecule has 1 amide bonds. The number of carbonyl (C=O) groups is 1. The fraction of sp³-hybridized carbons (Fsp3) is 0.421. The fourth-order valence-electron chi connectivity index (χ4n) is 2.08. The van der Waals surface area contributed by atoms with E-state index in [1.165, 1.54) is 6.20 Å². The molecule has 0 fully saturated rings. The van der Waals surface area contributed by atoms with Crippen LogP contribution in [0, 0.1) is 0 Å². The summed E-state index contributed by atoms with van der Waals surface area (Å²) in [6.45, 7) is 7.78. The maximum atomic E-state index is 11.0. The van der Waals surface area contributed by atoms with Crippen LogP contribution in [-0.2, 0) is 4.79 Å². The van der Waals surface area contributed by atoms with Crippen molar-refractivity contribution in [2.45, 2.75) is 39.2 Å². The first kappa shape index (κ1) is 22.2. The Morgan fingerprint density at radius 1 is 1.52 bits per heavy atom. The molecule has 1 atom stereocenters. The zero-order valence-corrected chi connectivity index (χ0v) is 15.9. The lowest BCUT2D eigenvalue weighted by atomic mass is 10.1. The summed E-state index contributed by atoms with van der Waals surface area (Å²) in [5.74, 6) is 0.483. The molecular formula is C19H29N5O3. The van der Waals surface area contributed by atoms with Crippen molar-refractivity contribution in [1.82, 2.24) is 9.97 Å². The van der Waals surface area contributed by atoms with Gasteiger partial charge in [0.1, 0.15) is 6.61 Å². The van der Waals surface area contributed by atoms with Crippen molar-refractivity contribution in [3.63, 3.8) is 0 Å². The molecule has 27 heavy (non-hydrogen) atoms. The van der Waals surface area contributed by atoms with Crippen molar-refractivity contribution in [2.24, 2.45) is 5.73 Å². The van der Waals surface area contributed by atoms with Crippen molar-refractivity contribution in [3.05, 3.63) is 42.2 Å². The molecule has 1 aromatic heterocycles. The highest BCUT2D eigenvalue weighted by Gasteiger charge is 2.13. The van der Waals surface area contributed by atoms with Gasteiger partial charge in [0.25, 0.3) is 0 Å². The Kier molecular flexibility index (Phi) is 9.60. The lowest BCUT2D eigenvalue weighted by molar-refractivity contribution is -0.114. The second-order valence-corrected chi connectivity index (χ2v) is 6.13. The van der Waals surface area contributed by atoms with E-state index in [0.717, 1.165) is 19.3 Å². The Labute approximate surface area is 160 Å². The van der Waals surface area contributed by atoms with E-state index < -0.39 is 5.91 Å². The van der Waals surface area contributed by atoms with Gasteiger partial charge in [0.05, 0.1) is 18.8 Å². The van der Waals surface area contributed by atoms with Crippen molar-refractivity contribution in [3.8, 4) is 5.75 Å². The average molecular weight is 375 g/mol. The van der Waals surface area contributed by atoms with Gasteiger partial charge in [-0.3, -0.25) is 4.79 Å². The Balaban J connectivity index is 2.74. The minimum Gasteiger partial charge on any atom is -0.483 e. The Morgan fingerprint density at radius 2 is 2.26 bits per heavy atom. The molecule has 1 aromatic rings. The number of rotatable bonds is 12. The number of nitrogens with two attached hydrogens (primary N) is 2. The summed E-state index contributed by atoms with van der Waals surface area (Å²) < 4.78 is 5.72. The number of carbonyl (C=O) groups excluding carboxylic acids is 1. The minimum absolute atomic E-state index is 0.0235. The minimum atomic E-state index is -0.474. The molecule has 148 valence electrons. The third-order valence-electron chi connectivity index (χ3n) is 3.72. The van der Waals surface area contributed by atoms with Crippen molar-refractivity contribution < 1.29 is 14.6 Å². The number of hydrogen-bond donors (Lipinski definition) is 4. The van der Waals surface area contributed by atoms with Gasteiger partial charge in [0.15, 0.2) is 11.6 Å². The van der Waals surface area contributed by atoms with E-state index in [1.54, 1.807) is 25.2 Å². The van der Waals surface area contributed by atoms with Crippen molar-refractivity contribution >= 4 is 17.7 Å². The molecule has 0 unspecified atom stereocenters. The first-order chi connectivity index (χ1) is 12.9. The molecule has 0 aliphatic carbocycles. The van der Waals surface area contributed by atoms with Crippen LogP contribution < -0.4 is 21.5 Å². The van der Waals surface area contributed by atoms with Gasteiger partial charge in [0.2, 0.25) is 11.9 Å². The highest BCUT2D eigenvalue weighted by atomic mass is 16.5. The molecule has 1 rings (SSSR count). The quantitative estimate of drug-likeness (QED) is 0.324. The molecule has 8 heteroatoms. The third kappa shape index (κ3) is 8.37. The molecule has 0 aromatic carbocycles. The third-order valence-corrected chi connectivity index (χ3v) is 3.72. The number of allylic oxidation sites excluding steroid dienone is 2. The number of aromatic nitrogens is 2. The van der Waals surface area contributed by atoms with Gasteiger partial charge in [-0.1, -0.05) is 44.6 Å². The monoisotopic (exact) mass is 375 g/mol. The van der Waals surface area contributed by atoms with Crippen LogP contribution in [0.4, 0.5) is 11.8 Å². The van der Waals surface area contributed by atoms with E-state index in [9.17, 15) is 9.90 Å². The van der Waals surface area contributed by atoms with Gasteiger partial charge in [-0.25, -0.2) is 4.98 Å². The molecule has 0 radical (unpaired) electrons. The molecule has 0 aliphatic heterocycles. The zero-order chi connectivity index (χ0) is 20.2. The summed E-state index contributed by atoms with van der Waals surface area (Å²) >= 11 is 0. The Morgan fingerprint density at radius 3 is 2.89 bits per heavy atom. The van der Waals surface area contributed by atoms with Crippen LogP contribution in [0.1, 0.15) is 33.1 Å². The summed E-state index contributed by atoms with van der Waals surface area (Å²) in [5.41, 5.74) is 11.9. The molecule has 0 aliphatic rings. The molecular weight excluding hydrogens is 346 g/mol. The van der Waals surface area contributed by atoms with Crippen LogP contribution in [-0.4, -0.2) is 40.2 Å². The summed E-state index contributed by atoms with van der Waals surface area (Å²) in [5, 5.41) is 12.7. The van der Waals surface area contributed by atoms with Crippen LogP contribution in [0.3, 0.4) is 0 Å². The van der Waals surface area contributed by atoms with Gasteiger partial charge < -0.3 is 26.6 Å². The number of ether oxygens (including phenoxy) is 1. The zero-order valence-electron chi connectivity index (χ0n) is 15.9. The number of primary amides is 1. The van der Waals surface area contributed by atoms with E-state index in [-0.39, 0.29) is 25.2 Å². The fourth-order valence-corrected chi connectivity index (χ4v) is 2.08. The van der Waals surface area contributed by atoms with Crippen molar-refractivity contribution in [2.75, 3.05) is 24.3 Å². The lowest BCUT2D eigenvalue weighted by Crippen LogP contribution is -2.25. The molecule has 0 saturated heterocycles. The highest BCUT2D eigenvalue weighted by Crippen LogP contribution is 2.23. The predicted molar refractivity (Wildman–Crippen MR) is 107 cm³/mol. The lowest BCUT2D eigenvalue weighted by Gasteiger charge is -2.19. The standard InChI is InChI=1S/C19H29N5O3/c1-4-5-9-15(11-25)23-18-16(10-22-19(21)24-18)27-12-13(2)7-6-8-14(3)17(20)26/h6-8,10,15,25H,2,4-5,9,11-12H2,1,3H3,(H2,20,26)(H3,21,22,23,24)/b7-6-,14-8+/t15-/m0/s1. The molecule has 1 heterocycles. The predicted octanol–water partition coefficient (Wildman–Crippen LogP) is 1.94. The average Bonchev–Trinajstić information content (AvgIpc) is 2.64.